The normalized spacial score (nSPS) is 11.3. The van der Waals surface area contributed by atoms with Crippen LogP contribution in [-0.2, 0) is 6.54 Å². The van der Waals surface area contributed by atoms with Crippen LogP contribution in [0.4, 0.5) is 5.82 Å². The lowest BCUT2D eigenvalue weighted by Crippen LogP contribution is -2.17. The van der Waals surface area contributed by atoms with Crippen LogP contribution in [-0.4, -0.2) is 27.2 Å². The van der Waals surface area contributed by atoms with E-state index < -0.39 is 0 Å². The second-order valence-corrected chi connectivity index (χ2v) is 4.94. The highest BCUT2D eigenvalue weighted by Gasteiger charge is 2.12. The van der Waals surface area contributed by atoms with Crippen molar-refractivity contribution in [1.82, 2.24) is 20.2 Å². The molecule has 6 nitrogen and oxygen atoms in total. The van der Waals surface area contributed by atoms with Crippen molar-refractivity contribution in [2.45, 2.75) is 6.54 Å². The van der Waals surface area contributed by atoms with Crippen LogP contribution in [0.3, 0.4) is 0 Å². The van der Waals surface area contributed by atoms with Crippen LogP contribution < -0.4 is 4.90 Å². The Balaban J connectivity index is 1.68. The zero-order chi connectivity index (χ0) is 14.2. The monoisotopic (exact) mass is 279 g/mol. The molecule has 3 heterocycles. The van der Waals surface area contributed by atoms with Gasteiger partial charge < -0.3 is 9.32 Å². The molecule has 0 radical (unpaired) electrons. The van der Waals surface area contributed by atoms with Gasteiger partial charge >= 0.3 is 0 Å². The molecule has 0 saturated heterocycles. The SMILES string of the molecule is CN(Cc1cc2ccccc2o1)c1ncnc2[nH]ncc12. The minimum absolute atomic E-state index is 0.631. The van der Waals surface area contributed by atoms with E-state index in [0.29, 0.717) is 6.54 Å². The van der Waals surface area contributed by atoms with Crippen molar-refractivity contribution in [3.05, 3.63) is 48.6 Å². The maximum Gasteiger partial charge on any atom is 0.160 e. The van der Waals surface area contributed by atoms with E-state index in [-0.39, 0.29) is 0 Å². The zero-order valence-corrected chi connectivity index (χ0v) is 11.4. The Morgan fingerprint density at radius 2 is 2.14 bits per heavy atom. The van der Waals surface area contributed by atoms with E-state index in [0.717, 1.165) is 33.6 Å². The van der Waals surface area contributed by atoms with Gasteiger partial charge in [-0.1, -0.05) is 18.2 Å². The molecule has 0 atom stereocenters. The van der Waals surface area contributed by atoms with Crippen LogP contribution in [0.15, 0.2) is 47.3 Å². The summed E-state index contributed by atoms with van der Waals surface area (Å²) in [5, 5.41) is 8.87. The molecular weight excluding hydrogens is 266 g/mol. The average molecular weight is 279 g/mol. The van der Waals surface area contributed by atoms with Crippen LogP contribution in [0.25, 0.3) is 22.0 Å². The summed E-state index contributed by atoms with van der Waals surface area (Å²) in [5.41, 5.74) is 1.63. The minimum Gasteiger partial charge on any atom is -0.459 e. The molecule has 3 aromatic heterocycles. The summed E-state index contributed by atoms with van der Waals surface area (Å²) in [4.78, 5) is 10.5. The second-order valence-electron chi connectivity index (χ2n) is 4.94. The topological polar surface area (TPSA) is 70.8 Å². The number of benzene rings is 1. The molecule has 0 unspecified atom stereocenters. The highest BCUT2D eigenvalue weighted by Crippen LogP contribution is 2.24. The molecule has 0 saturated carbocycles. The first kappa shape index (κ1) is 11.9. The summed E-state index contributed by atoms with van der Waals surface area (Å²) >= 11 is 0. The smallest absolute Gasteiger partial charge is 0.160 e. The van der Waals surface area contributed by atoms with Gasteiger partial charge in [0.05, 0.1) is 18.1 Å². The molecule has 104 valence electrons. The van der Waals surface area contributed by atoms with E-state index in [9.17, 15) is 0 Å². The number of fused-ring (bicyclic) bond motifs is 2. The molecule has 21 heavy (non-hydrogen) atoms. The number of H-pyrrole nitrogens is 1. The number of rotatable bonds is 3. The summed E-state index contributed by atoms with van der Waals surface area (Å²) in [6.45, 7) is 0.631. The maximum absolute atomic E-state index is 5.85. The third-order valence-electron chi connectivity index (χ3n) is 3.46. The number of nitrogens with zero attached hydrogens (tertiary/aromatic N) is 4. The first-order valence-electron chi connectivity index (χ1n) is 6.64. The number of furan rings is 1. The van der Waals surface area contributed by atoms with Crippen LogP contribution in [0.1, 0.15) is 5.76 Å². The fourth-order valence-corrected chi connectivity index (χ4v) is 2.48. The van der Waals surface area contributed by atoms with Gasteiger partial charge in [0.15, 0.2) is 5.65 Å². The lowest BCUT2D eigenvalue weighted by Gasteiger charge is -2.16. The number of para-hydroxylation sites is 1. The van der Waals surface area contributed by atoms with Gasteiger partial charge in [0, 0.05) is 12.4 Å². The fourth-order valence-electron chi connectivity index (χ4n) is 2.48. The van der Waals surface area contributed by atoms with E-state index in [2.05, 4.69) is 26.2 Å². The number of aromatic amines is 1. The Bertz CT molecular complexity index is 877. The van der Waals surface area contributed by atoms with E-state index >= 15 is 0 Å². The van der Waals surface area contributed by atoms with Gasteiger partial charge in [-0.2, -0.15) is 5.10 Å². The summed E-state index contributed by atoms with van der Waals surface area (Å²) in [5.74, 6) is 1.73. The largest absolute Gasteiger partial charge is 0.459 e. The van der Waals surface area contributed by atoms with E-state index in [1.54, 1.807) is 6.20 Å². The van der Waals surface area contributed by atoms with Gasteiger partial charge in [-0.3, -0.25) is 5.10 Å². The molecule has 0 aliphatic carbocycles. The van der Waals surface area contributed by atoms with Crippen LogP contribution in [0.5, 0.6) is 0 Å². The van der Waals surface area contributed by atoms with Crippen molar-refractivity contribution in [3.63, 3.8) is 0 Å². The first-order chi connectivity index (χ1) is 10.3. The van der Waals surface area contributed by atoms with Gasteiger partial charge in [0.1, 0.15) is 23.5 Å². The lowest BCUT2D eigenvalue weighted by molar-refractivity contribution is 0.545. The summed E-state index contributed by atoms with van der Waals surface area (Å²) < 4.78 is 5.85. The minimum atomic E-state index is 0.631. The van der Waals surface area contributed by atoms with E-state index in [4.69, 9.17) is 4.42 Å². The number of hydrogen-bond acceptors (Lipinski definition) is 5. The Kier molecular flexibility index (Phi) is 2.60. The van der Waals surface area contributed by atoms with E-state index in [1.165, 1.54) is 6.33 Å². The van der Waals surface area contributed by atoms with Crippen molar-refractivity contribution < 1.29 is 4.42 Å². The summed E-state index contributed by atoms with van der Waals surface area (Å²) in [7, 11) is 1.97. The third kappa shape index (κ3) is 2.01. The molecule has 1 aromatic carbocycles. The number of anilines is 1. The number of nitrogens with one attached hydrogen (secondary N) is 1. The number of hydrogen-bond donors (Lipinski definition) is 1. The summed E-state index contributed by atoms with van der Waals surface area (Å²) in [6, 6.07) is 10.0. The van der Waals surface area contributed by atoms with Crippen molar-refractivity contribution in [3.8, 4) is 0 Å². The van der Waals surface area contributed by atoms with Crippen molar-refractivity contribution in [1.29, 1.82) is 0 Å². The maximum atomic E-state index is 5.85. The highest BCUT2D eigenvalue weighted by atomic mass is 16.3. The number of aromatic nitrogens is 4. The second kappa shape index (κ2) is 4.59. The van der Waals surface area contributed by atoms with Crippen molar-refractivity contribution in [2.75, 3.05) is 11.9 Å². The van der Waals surface area contributed by atoms with E-state index in [1.807, 2.05) is 36.2 Å². The first-order valence-corrected chi connectivity index (χ1v) is 6.64. The fraction of sp³-hybridized carbons (Fsp3) is 0.133. The Labute approximate surface area is 120 Å². The molecule has 0 bridgehead atoms. The molecule has 0 spiro atoms. The molecule has 4 rings (SSSR count). The van der Waals surface area contributed by atoms with Gasteiger partial charge in [-0.15, -0.1) is 0 Å². The predicted octanol–water partition coefficient (Wildman–Crippen LogP) is 2.74. The quantitative estimate of drug-likeness (QED) is 0.624. The molecule has 0 aliphatic heterocycles. The van der Waals surface area contributed by atoms with Crippen molar-refractivity contribution >= 4 is 27.8 Å². The van der Waals surface area contributed by atoms with Gasteiger partial charge in [0.2, 0.25) is 0 Å². The molecule has 4 aromatic rings. The Morgan fingerprint density at radius 1 is 1.24 bits per heavy atom. The molecule has 0 aliphatic rings. The third-order valence-corrected chi connectivity index (χ3v) is 3.46. The summed E-state index contributed by atoms with van der Waals surface area (Å²) in [6.07, 6.45) is 3.27. The Hall–Kier alpha value is -2.89. The lowest BCUT2D eigenvalue weighted by atomic mass is 10.2. The highest BCUT2D eigenvalue weighted by molar-refractivity contribution is 5.86. The molecule has 0 amide bonds. The standard InChI is InChI=1S/C15H13N5O/c1-20(15-12-7-18-19-14(12)16-9-17-15)8-11-6-10-4-2-3-5-13(10)21-11/h2-7,9H,8H2,1H3,(H,16,17,18,19). The van der Waals surface area contributed by atoms with Crippen LogP contribution in [0.2, 0.25) is 0 Å². The van der Waals surface area contributed by atoms with Crippen molar-refractivity contribution in [2.24, 2.45) is 0 Å². The molecule has 6 heteroatoms. The van der Waals surface area contributed by atoms with Gasteiger partial charge in [0.25, 0.3) is 0 Å². The zero-order valence-electron chi connectivity index (χ0n) is 11.4. The predicted molar refractivity (Wildman–Crippen MR) is 80.0 cm³/mol. The van der Waals surface area contributed by atoms with Gasteiger partial charge in [-0.25, -0.2) is 9.97 Å². The molecule has 0 fully saturated rings. The molecular formula is C15H13N5O. The van der Waals surface area contributed by atoms with Crippen LogP contribution >= 0.6 is 0 Å². The average Bonchev–Trinajstić information content (AvgIpc) is 3.12. The Morgan fingerprint density at radius 3 is 3.05 bits per heavy atom. The molecule has 1 N–H and O–H groups in total. The van der Waals surface area contributed by atoms with Gasteiger partial charge in [-0.05, 0) is 12.1 Å². The van der Waals surface area contributed by atoms with Crippen LogP contribution in [0, 0.1) is 0 Å².